The van der Waals surface area contributed by atoms with E-state index in [0.29, 0.717) is 18.5 Å². The monoisotopic (exact) mass is 286 g/mol. The van der Waals surface area contributed by atoms with Crippen LogP contribution in [0.25, 0.3) is 11.0 Å². The summed E-state index contributed by atoms with van der Waals surface area (Å²) in [7, 11) is 0. The van der Waals surface area contributed by atoms with E-state index in [-0.39, 0.29) is 6.04 Å². The average Bonchev–Trinajstić information content (AvgIpc) is 3.05. The average molecular weight is 286 g/mol. The van der Waals surface area contributed by atoms with Crippen molar-refractivity contribution < 1.29 is 4.42 Å². The second-order valence-electron chi connectivity index (χ2n) is 6.51. The fraction of sp³-hybridized carbons (Fsp3) is 0.556. The number of nitrogens with two attached hydrogens (primary N) is 1. The maximum Gasteiger partial charge on any atom is 0.134 e. The van der Waals surface area contributed by atoms with Gasteiger partial charge in [0.15, 0.2) is 0 Å². The smallest absolute Gasteiger partial charge is 0.134 e. The third-order valence-electron chi connectivity index (χ3n) is 4.89. The number of aryl methyl sites for hydroxylation is 1. The lowest BCUT2D eigenvalue weighted by Crippen LogP contribution is -2.40. The van der Waals surface area contributed by atoms with Crippen LogP contribution in [-0.2, 0) is 0 Å². The zero-order chi connectivity index (χ0) is 15.0. The van der Waals surface area contributed by atoms with E-state index in [4.69, 9.17) is 10.2 Å². The molecule has 114 valence electrons. The molecule has 1 aliphatic rings. The topological polar surface area (TPSA) is 42.4 Å². The number of hydrogen-bond acceptors (Lipinski definition) is 3. The molecule has 1 aliphatic heterocycles. The van der Waals surface area contributed by atoms with Crippen LogP contribution in [0.3, 0.4) is 0 Å². The molecule has 1 saturated heterocycles. The third kappa shape index (κ3) is 2.49. The molecule has 1 aromatic heterocycles. The first-order valence-electron chi connectivity index (χ1n) is 8.07. The van der Waals surface area contributed by atoms with Crippen LogP contribution in [-0.4, -0.2) is 24.0 Å². The highest BCUT2D eigenvalue weighted by atomic mass is 16.3. The molecule has 0 bridgehead atoms. The molecule has 3 nitrogen and oxygen atoms in total. The highest BCUT2D eigenvalue weighted by molar-refractivity contribution is 5.82. The molecule has 1 aromatic carbocycles. The minimum atomic E-state index is 0.267. The molecule has 0 saturated carbocycles. The summed E-state index contributed by atoms with van der Waals surface area (Å²) >= 11 is 0. The van der Waals surface area contributed by atoms with Crippen LogP contribution in [0.1, 0.15) is 44.1 Å². The zero-order valence-electron chi connectivity index (χ0n) is 13.3. The Morgan fingerprint density at radius 3 is 2.81 bits per heavy atom. The van der Waals surface area contributed by atoms with E-state index in [1.54, 1.807) is 0 Å². The molecule has 2 N–H and O–H groups in total. The lowest BCUT2D eigenvalue weighted by molar-refractivity contribution is 0.149. The van der Waals surface area contributed by atoms with Gasteiger partial charge in [-0.1, -0.05) is 32.0 Å². The molecule has 0 aliphatic carbocycles. The summed E-state index contributed by atoms with van der Waals surface area (Å²) in [5, 5.41) is 1.22. The Labute approximate surface area is 127 Å². The summed E-state index contributed by atoms with van der Waals surface area (Å²) in [6, 6.07) is 9.21. The lowest BCUT2D eigenvalue weighted by atomic mass is 9.97. The van der Waals surface area contributed by atoms with Crippen molar-refractivity contribution in [2.45, 2.75) is 45.7 Å². The van der Waals surface area contributed by atoms with Crippen molar-refractivity contribution in [2.24, 2.45) is 11.7 Å². The summed E-state index contributed by atoms with van der Waals surface area (Å²) in [6.45, 7) is 8.49. The van der Waals surface area contributed by atoms with Crippen LogP contribution in [0.2, 0.25) is 0 Å². The van der Waals surface area contributed by atoms with Crippen molar-refractivity contribution in [1.82, 2.24) is 4.90 Å². The molecule has 0 spiro atoms. The Balaban J connectivity index is 2.04. The van der Waals surface area contributed by atoms with Crippen molar-refractivity contribution in [2.75, 3.05) is 13.1 Å². The second-order valence-corrected chi connectivity index (χ2v) is 6.51. The molecule has 0 radical (unpaired) electrons. The molecule has 0 amide bonds. The van der Waals surface area contributed by atoms with E-state index < -0.39 is 0 Å². The molecule has 3 rings (SSSR count). The van der Waals surface area contributed by atoms with E-state index in [9.17, 15) is 0 Å². The third-order valence-corrected chi connectivity index (χ3v) is 4.89. The molecule has 2 atom stereocenters. The van der Waals surface area contributed by atoms with Crippen LogP contribution in [0.5, 0.6) is 0 Å². The van der Waals surface area contributed by atoms with Gasteiger partial charge in [0.1, 0.15) is 11.3 Å². The predicted octanol–water partition coefficient (Wildman–Crippen LogP) is 3.86. The highest BCUT2D eigenvalue weighted by Crippen LogP contribution is 2.38. The number of rotatable bonds is 4. The Hall–Kier alpha value is -1.32. The quantitative estimate of drug-likeness (QED) is 0.928. The molecule has 2 aromatic rings. The summed E-state index contributed by atoms with van der Waals surface area (Å²) in [6.07, 6.45) is 2.55. The Bertz CT molecular complexity index is 617. The zero-order valence-corrected chi connectivity index (χ0v) is 13.3. The summed E-state index contributed by atoms with van der Waals surface area (Å²) < 4.78 is 5.95. The summed E-state index contributed by atoms with van der Waals surface area (Å²) in [4.78, 5) is 2.61. The van der Waals surface area contributed by atoms with E-state index in [0.717, 1.165) is 17.9 Å². The largest absolute Gasteiger partial charge is 0.461 e. The first kappa shape index (κ1) is 14.6. The molecule has 2 unspecified atom stereocenters. The van der Waals surface area contributed by atoms with Gasteiger partial charge < -0.3 is 10.2 Å². The van der Waals surface area contributed by atoms with E-state index in [1.165, 1.54) is 23.8 Å². The summed E-state index contributed by atoms with van der Waals surface area (Å²) in [5.41, 5.74) is 8.45. The minimum Gasteiger partial charge on any atom is -0.461 e. The number of furan rings is 1. The standard InChI is InChI=1S/C18H26N2O/c1-12(2)15-8-6-10-20(15)16(11-19)18-13(3)21-17-9-5-4-7-14(17)18/h4-5,7,9,12,15-16H,6,8,10-11,19H2,1-3H3. The van der Waals surface area contributed by atoms with Gasteiger partial charge in [-0.2, -0.15) is 0 Å². The van der Waals surface area contributed by atoms with Gasteiger partial charge in [-0.05, 0) is 38.3 Å². The predicted molar refractivity (Wildman–Crippen MR) is 87.3 cm³/mol. The van der Waals surface area contributed by atoms with Crippen LogP contribution in [0.4, 0.5) is 0 Å². The molecule has 2 heterocycles. The highest BCUT2D eigenvalue weighted by Gasteiger charge is 2.34. The van der Waals surface area contributed by atoms with Gasteiger partial charge in [0, 0.05) is 23.5 Å². The Morgan fingerprint density at radius 2 is 2.10 bits per heavy atom. The van der Waals surface area contributed by atoms with E-state index >= 15 is 0 Å². The maximum atomic E-state index is 6.18. The molecule has 1 fully saturated rings. The van der Waals surface area contributed by atoms with Crippen LogP contribution in [0.15, 0.2) is 28.7 Å². The minimum absolute atomic E-state index is 0.267. The first-order chi connectivity index (χ1) is 10.1. The van der Waals surface area contributed by atoms with Crippen molar-refractivity contribution in [3.8, 4) is 0 Å². The van der Waals surface area contributed by atoms with Crippen molar-refractivity contribution in [3.63, 3.8) is 0 Å². The van der Waals surface area contributed by atoms with Crippen LogP contribution < -0.4 is 5.73 Å². The first-order valence-corrected chi connectivity index (χ1v) is 8.07. The molecule has 21 heavy (non-hydrogen) atoms. The van der Waals surface area contributed by atoms with E-state index in [2.05, 4.69) is 37.8 Å². The number of likely N-dealkylation sites (tertiary alicyclic amines) is 1. The second kappa shape index (κ2) is 5.82. The fourth-order valence-corrected chi connectivity index (χ4v) is 3.94. The van der Waals surface area contributed by atoms with Gasteiger partial charge in [-0.3, -0.25) is 4.90 Å². The number of hydrogen-bond donors (Lipinski definition) is 1. The Morgan fingerprint density at radius 1 is 1.33 bits per heavy atom. The molecular weight excluding hydrogens is 260 g/mol. The van der Waals surface area contributed by atoms with Gasteiger partial charge in [0.25, 0.3) is 0 Å². The van der Waals surface area contributed by atoms with E-state index in [1.807, 2.05) is 12.1 Å². The van der Waals surface area contributed by atoms with Gasteiger partial charge >= 0.3 is 0 Å². The number of fused-ring (bicyclic) bond motifs is 1. The Kier molecular flexibility index (Phi) is 4.05. The van der Waals surface area contributed by atoms with Crippen molar-refractivity contribution in [3.05, 3.63) is 35.6 Å². The van der Waals surface area contributed by atoms with Crippen LogP contribution in [0, 0.1) is 12.8 Å². The van der Waals surface area contributed by atoms with Crippen LogP contribution >= 0.6 is 0 Å². The van der Waals surface area contributed by atoms with Crippen molar-refractivity contribution in [1.29, 1.82) is 0 Å². The number of para-hydroxylation sites is 1. The number of benzene rings is 1. The fourth-order valence-electron chi connectivity index (χ4n) is 3.94. The van der Waals surface area contributed by atoms with Gasteiger partial charge in [-0.25, -0.2) is 0 Å². The molecular formula is C18H26N2O. The van der Waals surface area contributed by atoms with Gasteiger partial charge in [0.2, 0.25) is 0 Å². The SMILES string of the molecule is Cc1oc2ccccc2c1C(CN)N1CCCC1C(C)C. The van der Waals surface area contributed by atoms with Crippen molar-refractivity contribution >= 4 is 11.0 Å². The number of nitrogens with zero attached hydrogens (tertiary/aromatic N) is 1. The normalized spacial score (nSPS) is 21.5. The van der Waals surface area contributed by atoms with Gasteiger partial charge in [-0.15, -0.1) is 0 Å². The lowest BCUT2D eigenvalue weighted by Gasteiger charge is -2.34. The van der Waals surface area contributed by atoms with Gasteiger partial charge in [0.05, 0.1) is 6.04 Å². The maximum absolute atomic E-state index is 6.18. The summed E-state index contributed by atoms with van der Waals surface area (Å²) in [5.74, 6) is 1.68. The molecule has 3 heteroatoms.